The SMILES string of the molecule is C=CCN(C#CCCCCCl)S(=O)(=O)c1ccc(C(C)C)cc1. The van der Waals surface area contributed by atoms with Crippen molar-refractivity contribution in [1.82, 2.24) is 4.31 Å². The summed E-state index contributed by atoms with van der Waals surface area (Å²) in [7, 11) is -3.64. The molecule has 0 amide bonds. The maximum Gasteiger partial charge on any atom is 0.271 e. The number of halogens is 1. The van der Waals surface area contributed by atoms with E-state index in [0.29, 0.717) is 18.2 Å². The molecule has 126 valence electrons. The summed E-state index contributed by atoms with van der Waals surface area (Å²) in [6.45, 7) is 7.91. The van der Waals surface area contributed by atoms with Crippen LogP contribution in [0.3, 0.4) is 0 Å². The Labute approximate surface area is 145 Å². The molecule has 3 nitrogen and oxygen atoms in total. The maximum atomic E-state index is 12.7. The molecule has 0 saturated heterocycles. The molecule has 1 rings (SSSR count). The predicted molar refractivity (Wildman–Crippen MR) is 97.0 cm³/mol. The minimum Gasteiger partial charge on any atom is -0.221 e. The third kappa shape index (κ3) is 5.93. The lowest BCUT2D eigenvalue weighted by molar-refractivity contribution is 0.532. The Balaban J connectivity index is 2.96. The molecule has 0 heterocycles. The lowest BCUT2D eigenvalue weighted by Crippen LogP contribution is -2.26. The number of alkyl halides is 1. The predicted octanol–water partition coefficient (Wildman–Crippen LogP) is 4.36. The molecule has 0 aliphatic carbocycles. The highest BCUT2D eigenvalue weighted by Crippen LogP contribution is 2.20. The Kier molecular flexibility index (Phi) is 8.22. The zero-order valence-electron chi connectivity index (χ0n) is 13.8. The molecule has 0 fully saturated rings. The molecule has 23 heavy (non-hydrogen) atoms. The summed E-state index contributed by atoms with van der Waals surface area (Å²) >= 11 is 5.61. The zero-order valence-corrected chi connectivity index (χ0v) is 15.3. The Bertz CT molecular complexity index is 655. The van der Waals surface area contributed by atoms with Crippen molar-refractivity contribution in [2.75, 3.05) is 12.4 Å². The molecule has 0 radical (unpaired) electrons. The van der Waals surface area contributed by atoms with Crippen LogP contribution in [0.1, 0.15) is 44.6 Å². The van der Waals surface area contributed by atoms with Crippen LogP contribution in [0.15, 0.2) is 41.8 Å². The zero-order chi connectivity index (χ0) is 17.3. The average molecular weight is 354 g/mol. The smallest absolute Gasteiger partial charge is 0.221 e. The second kappa shape index (κ2) is 9.64. The van der Waals surface area contributed by atoms with Gasteiger partial charge in [0.25, 0.3) is 10.0 Å². The normalized spacial score (nSPS) is 11.0. The van der Waals surface area contributed by atoms with Gasteiger partial charge in [0.15, 0.2) is 0 Å². The highest BCUT2D eigenvalue weighted by atomic mass is 35.5. The van der Waals surface area contributed by atoms with Gasteiger partial charge in [-0.2, -0.15) is 0 Å². The molecule has 0 unspecified atom stereocenters. The van der Waals surface area contributed by atoms with Gasteiger partial charge in [-0.3, -0.25) is 0 Å². The van der Waals surface area contributed by atoms with E-state index in [-0.39, 0.29) is 11.4 Å². The first-order valence-electron chi connectivity index (χ1n) is 7.71. The highest BCUT2D eigenvalue weighted by molar-refractivity contribution is 7.89. The lowest BCUT2D eigenvalue weighted by atomic mass is 10.0. The second-order valence-corrected chi connectivity index (χ2v) is 7.72. The van der Waals surface area contributed by atoms with Gasteiger partial charge in [0.1, 0.15) is 0 Å². The molecule has 0 atom stereocenters. The van der Waals surface area contributed by atoms with Crippen LogP contribution >= 0.6 is 11.6 Å². The molecule has 0 saturated carbocycles. The van der Waals surface area contributed by atoms with E-state index in [1.807, 2.05) is 12.1 Å². The van der Waals surface area contributed by atoms with Crippen LogP contribution in [0.25, 0.3) is 0 Å². The van der Waals surface area contributed by atoms with Crippen LogP contribution in [0.2, 0.25) is 0 Å². The number of benzene rings is 1. The van der Waals surface area contributed by atoms with Crippen LogP contribution < -0.4 is 0 Å². The van der Waals surface area contributed by atoms with E-state index in [4.69, 9.17) is 11.6 Å². The minimum atomic E-state index is -3.64. The standard InChI is InChI=1S/C18H24ClNO2S/c1-4-14-20(15-8-6-5-7-13-19)23(21,22)18-11-9-17(10-12-18)16(2)3/h4,9-12,16H,1,5-7,13-14H2,2-3H3. The number of sulfonamides is 1. The molecule has 5 heteroatoms. The fourth-order valence-corrected chi connectivity index (χ4v) is 3.33. The van der Waals surface area contributed by atoms with Gasteiger partial charge in [-0.25, -0.2) is 12.7 Å². The second-order valence-electron chi connectivity index (χ2n) is 5.48. The van der Waals surface area contributed by atoms with Gasteiger partial charge in [-0.05, 0) is 36.5 Å². The van der Waals surface area contributed by atoms with Crippen molar-refractivity contribution in [2.45, 2.75) is 43.9 Å². The largest absolute Gasteiger partial charge is 0.271 e. The van der Waals surface area contributed by atoms with Crippen LogP contribution in [0.5, 0.6) is 0 Å². The summed E-state index contributed by atoms with van der Waals surface area (Å²) in [4.78, 5) is 0.249. The van der Waals surface area contributed by atoms with Crippen molar-refractivity contribution in [1.29, 1.82) is 0 Å². The third-order valence-electron chi connectivity index (χ3n) is 3.32. The summed E-state index contributed by atoms with van der Waals surface area (Å²) in [6, 6.07) is 9.70. The van der Waals surface area contributed by atoms with Crippen LogP contribution in [0, 0.1) is 12.0 Å². The van der Waals surface area contributed by atoms with E-state index < -0.39 is 10.0 Å². The monoisotopic (exact) mass is 353 g/mol. The molecule has 0 spiro atoms. The molecule has 0 aliphatic heterocycles. The van der Waals surface area contributed by atoms with Gasteiger partial charge in [-0.15, -0.1) is 18.2 Å². The number of hydrogen-bond donors (Lipinski definition) is 0. The van der Waals surface area contributed by atoms with Crippen LogP contribution in [-0.4, -0.2) is 25.1 Å². The van der Waals surface area contributed by atoms with E-state index in [2.05, 4.69) is 32.4 Å². The fourth-order valence-electron chi connectivity index (χ4n) is 1.93. The first-order valence-corrected chi connectivity index (χ1v) is 9.69. The molecule has 0 bridgehead atoms. The molecule has 0 aromatic heterocycles. The molecule has 1 aromatic rings. The van der Waals surface area contributed by atoms with E-state index in [1.165, 1.54) is 6.08 Å². The van der Waals surface area contributed by atoms with Gasteiger partial charge >= 0.3 is 0 Å². The maximum absolute atomic E-state index is 12.7. The number of hydrogen-bond acceptors (Lipinski definition) is 2. The molecular weight excluding hydrogens is 330 g/mol. The number of nitrogens with zero attached hydrogens (tertiary/aromatic N) is 1. The van der Waals surface area contributed by atoms with E-state index >= 15 is 0 Å². The topological polar surface area (TPSA) is 37.4 Å². The Morgan fingerprint density at radius 3 is 2.43 bits per heavy atom. The molecule has 0 aliphatic rings. The van der Waals surface area contributed by atoms with Crippen molar-refractivity contribution in [3.8, 4) is 12.0 Å². The van der Waals surface area contributed by atoms with E-state index in [1.54, 1.807) is 12.1 Å². The minimum absolute atomic E-state index is 0.163. The van der Waals surface area contributed by atoms with Gasteiger partial charge in [0.05, 0.1) is 11.4 Å². The van der Waals surface area contributed by atoms with Gasteiger partial charge in [0.2, 0.25) is 0 Å². The van der Waals surface area contributed by atoms with Crippen molar-refractivity contribution >= 4 is 21.6 Å². The molecular formula is C18H24ClNO2S. The fraction of sp³-hybridized carbons (Fsp3) is 0.444. The molecule has 1 aromatic carbocycles. The van der Waals surface area contributed by atoms with Gasteiger partial charge in [-0.1, -0.05) is 38.0 Å². The Morgan fingerprint density at radius 2 is 1.91 bits per heavy atom. The quantitative estimate of drug-likeness (QED) is 0.229. The third-order valence-corrected chi connectivity index (χ3v) is 5.27. The van der Waals surface area contributed by atoms with E-state index in [9.17, 15) is 8.42 Å². The molecule has 0 N–H and O–H groups in total. The summed E-state index contributed by atoms with van der Waals surface area (Å²) in [5.41, 5.74) is 1.10. The lowest BCUT2D eigenvalue weighted by Gasteiger charge is -2.16. The average Bonchev–Trinajstić information content (AvgIpc) is 2.53. The van der Waals surface area contributed by atoms with Gasteiger partial charge < -0.3 is 0 Å². The summed E-state index contributed by atoms with van der Waals surface area (Å²) in [5.74, 6) is 3.86. The van der Waals surface area contributed by atoms with Crippen molar-refractivity contribution in [3.63, 3.8) is 0 Å². The van der Waals surface area contributed by atoms with Crippen molar-refractivity contribution < 1.29 is 8.42 Å². The summed E-state index contributed by atoms with van der Waals surface area (Å²) in [6.07, 6.45) is 3.90. The Hall–Kier alpha value is -1.44. The first kappa shape index (κ1) is 19.6. The van der Waals surface area contributed by atoms with E-state index in [0.717, 1.165) is 22.7 Å². The van der Waals surface area contributed by atoms with Crippen molar-refractivity contribution in [2.24, 2.45) is 0 Å². The highest BCUT2D eigenvalue weighted by Gasteiger charge is 2.21. The Morgan fingerprint density at radius 1 is 1.26 bits per heavy atom. The van der Waals surface area contributed by atoms with Crippen LogP contribution in [0.4, 0.5) is 0 Å². The number of unbranched alkanes of at least 4 members (excludes halogenated alkanes) is 2. The first-order chi connectivity index (χ1) is 10.9. The van der Waals surface area contributed by atoms with Crippen molar-refractivity contribution in [3.05, 3.63) is 42.5 Å². The summed E-state index contributed by atoms with van der Waals surface area (Å²) in [5, 5.41) is 0. The van der Waals surface area contributed by atoms with Gasteiger partial charge in [0, 0.05) is 18.3 Å². The summed E-state index contributed by atoms with van der Waals surface area (Å²) < 4.78 is 26.5. The van der Waals surface area contributed by atoms with Crippen LogP contribution in [-0.2, 0) is 10.0 Å². The number of rotatable bonds is 8.